The molecule has 0 saturated carbocycles. The first-order valence-electron chi connectivity index (χ1n) is 9.06. The van der Waals surface area contributed by atoms with Crippen LogP contribution in [0.1, 0.15) is 35.7 Å². The molecule has 0 bridgehead atoms. The number of hydrogen-bond donors (Lipinski definition) is 3. The highest BCUT2D eigenvalue weighted by Gasteiger charge is 2.14. The maximum atomic E-state index is 11.9. The quantitative estimate of drug-likeness (QED) is 0.477. The minimum absolute atomic E-state index is 0.117. The Kier molecular flexibility index (Phi) is 11.1. The Labute approximate surface area is 164 Å². The summed E-state index contributed by atoms with van der Waals surface area (Å²) in [5.74, 6) is -0.751. The number of hydrogen-bond acceptors (Lipinski definition) is 4. The fraction of sp³-hybridized carbons (Fsp3) is 0.333. The molecule has 0 radical (unpaired) electrons. The fourth-order valence-electron chi connectivity index (χ4n) is 2.44. The Morgan fingerprint density at radius 1 is 1.11 bits per heavy atom. The molecule has 0 fully saturated rings. The van der Waals surface area contributed by atoms with E-state index in [1.54, 1.807) is 42.9 Å². The molecule has 6 nitrogen and oxygen atoms in total. The van der Waals surface area contributed by atoms with Crippen LogP contribution in [0.5, 0.6) is 0 Å². The smallest absolute Gasteiger partial charge is 0.251 e. The normalized spacial score (nSPS) is 11.0. The zero-order valence-electron chi connectivity index (χ0n) is 16.2. The zero-order chi connectivity index (χ0) is 20.8. The molecule has 0 heterocycles. The Hall–Kier alpha value is -2.77. The van der Waals surface area contributed by atoms with Gasteiger partial charge in [0.15, 0.2) is 0 Å². The van der Waals surface area contributed by atoms with Crippen molar-refractivity contribution in [1.82, 2.24) is 10.8 Å². The number of rotatable bonds is 8. The maximum absolute atomic E-state index is 11.9. The standard InChI is InChI=1S/C15H22N2O4.C6H5F/c1-3-21-13(10-14(18)17-20)9-6-11-4-7-12(8-5-11)15(19)16-2;7-6-4-2-1-3-5-6/h4-5,7-8,13,20H,3,6,9-10H2,1-2H3,(H,16,19)(H,17,18);1-5H/t13-;/m0./s1. The van der Waals surface area contributed by atoms with Gasteiger partial charge in [-0.3, -0.25) is 14.8 Å². The van der Waals surface area contributed by atoms with Crippen LogP contribution in [0.3, 0.4) is 0 Å². The van der Waals surface area contributed by atoms with Crippen molar-refractivity contribution in [3.05, 3.63) is 71.5 Å². The Balaban J connectivity index is 0.000000467. The van der Waals surface area contributed by atoms with Crippen molar-refractivity contribution in [3.8, 4) is 0 Å². The van der Waals surface area contributed by atoms with Crippen molar-refractivity contribution >= 4 is 11.8 Å². The Bertz CT molecular complexity index is 708. The summed E-state index contributed by atoms with van der Waals surface area (Å²) in [6.45, 7) is 2.38. The number of amides is 2. The lowest BCUT2D eigenvalue weighted by Gasteiger charge is -2.16. The van der Waals surface area contributed by atoms with E-state index in [0.29, 0.717) is 18.6 Å². The number of hydroxylamine groups is 1. The summed E-state index contributed by atoms with van der Waals surface area (Å²) >= 11 is 0. The SMILES string of the molecule is CCO[C@@H](CCc1ccc(C(=O)NC)cc1)CC(=O)NO.Fc1ccccc1. The van der Waals surface area contributed by atoms with E-state index in [-0.39, 0.29) is 24.2 Å². The van der Waals surface area contributed by atoms with Crippen LogP contribution < -0.4 is 10.8 Å². The van der Waals surface area contributed by atoms with E-state index < -0.39 is 5.91 Å². The van der Waals surface area contributed by atoms with Gasteiger partial charge in [-0.2, -0.15) is 0 Å². The second-order valence-electron chi connectivity index (χ2n) is 5.93. The van der Waals surface area contributed by atoms with Gasteiger partial charge >= 0.3 is 0 Å². The molecule has 7 heteroatoms. The van der Waals surface area contributed by atoms with Crippen LogP contribution in [0.2, 0.25) is 0 Å². The maximum Gasteiger partial charge on any atom is 0.251 e. The van der Waals surface area contributed by atoms with Crippen molar-refractivity contribution in [2.45, 2.75) is 32.3 Å². The van der Waals surface area contributed by atoms with Crippen molar-refractivity contribution in [3.63, 3.8) is 0 Å². The minimum atomic E-state index is -0.455. The molecule has 0 aliphatic heterocycles. The van der Waals surface area contributed by atoms with Crippen LogP contribution in [0.4, 0.5) is 4.39 Å². The van der Waals surface area contributed by atoms with Gasteiger partial charge in [0.1, 0.15) is 5.82 Å². The topological polar surface area (TPSA) is 87.7 Å². The highest BCUT2D eigenvalue weighted by molar-refractivity contribution is 5.93. The van der Waals surface area contributed by atoms with E-state index in [4.69, 9.17) is 9.94 Å². The lowest BCUT2D eigenvalue weighted by molar-refractivity contribution is -0.132. The second-order valence-corrected chi connectivity index (χ2v) is 5.93. The minimum Gasteiger partial charge on any atom is -0.378 e. The summed E-state index contributed by atoms with van der Waals surface area (Å²) in [5.41, 5.74) is 3.29. The number of ether oxygens (including phenoxy) is 1. The molecule has 2 aromatic rings. The average molecular weight is 390 g/mol. The van der Waals surface area contributed by atoms with E-state index >= 15 is 0 Å². The van der Waals surface area contributed by atoms with Gasteiger partial charge in [0.2, 0.25) is 5.91 Å². The van der Waals surface area contributed by atoms with Gasteiger partial charge in [-0.05, 0) is 49.6 Å². The highest BCUT2D eigenvalue weighted by atomic mass is 19.1. The van der Waals surface area contributed by atoms with E-state index in [1.807, 2.05) is 19.1 Å². The molecule has 0 spiro atoms. The summed E-state index contributed by atoms with van der Waals surface area (Å²) < 4.78 is 17.4. The molecular weight excluding hydrogens is 363 g/mol. The van der Waals surface area contributed by atoms with E-state index in [1.165, 1.54) is 12.1 Å². The van der Waals surface area contributed by atoms with Crippen molar-refractivity contribution in [1.29, 1.82) is 0 Å². The summed E-state index contributed by atoms with van der Waals surface area (Å²) in [6.07, 6.45) is 1.29. The van der Waals surface area contributed by atoms with Gasteiger partial charge in [-0.25, -0.2) is 9.87 Å². The molecule has 0 saturated heterocycles. The molecule has 0 aromatic heterocycles. The Morgan fingerprint density at radius 3 is 2.21 bits per heavy atom. The predicted molar refractivity (Wildman–Crippen MR) is 105 cm³/mol. The molecule has 0 unspecified atom stereocenters. The molecule has 0 aliphatic rings. The molecule has 0 aliphatic carbocycles. The number of benzene rings is 2. The Morgan fingerprint density at radius 2 is 1.75 bits per heavy atom. The zero-order valence-corrected chi connectivity index (χ0v) is 16.2. The van der Waals surface area contributed by atoms with Crippen LogP contribution >= 0.6 is 0 Å². The van der Waals surface area contributed by atoms with Gasteiger partial charge in [0.05, 0.1) is 12.5 Å². The first kappa shape index (κ1) is 23.3. The van der Waals surface area contributed by atoms with E-state index in [2.05, 4.69) is 5.32 Å². The summed E-state index contributed by atoms with van der Waals surface area (Å²) in [7, 11) is 1.59. The lowest BCUT2D eigenvalue weighted by atomic mass is 10.0. The monoisotopic (exact) mass is 390 g/mol. The van der Waals surface area contributed by atoms with Gasteiger partial charge in [-0.1, -0.05) is 30.3 Å². The van der Waals surface area contributed by atoms with Crippen LogP contribution in [0, 0.1) is 5.82 Å². The summed E-state index contributed by atoms with van der Waals surface area (Å²) in [4.78, 5) is 22.6. The number of halogens is 1. The van der Waals surface area contributed by atoms with Crippen molar-refractivity contribution < 1.29 is 23.9 Å². The number of aryl methyl sites for hydroxylation is 1. The molecule has 2 aromatic carbocycles. The average Bonchev–Trinajstić information content (AvgIpc) is 2.73. The second kappa shape index (κ2) is 13.4. The molecule has 1 atom stereocenters. The van der Waals surface area contributed by atoms with Gasteiger partial charge in [0.25, 0.3) is 5.91 Å². The molecule has 28 heavy (non-hydrogen) atoms. The molecular formula is C21H27FN2O4. The summed E-state index contributed by atoms with van der Waals surface area (Å²) in [6, 6.07) is 15.3. The molecule has 3 N–H and O–H groups in total. The van der Waals surface area contributed by atoms with Crippen molar-refractivity contribution in [2.24, 2.45) is 0 Å². The number of carbonyl (C=O) groups is 2. The largest absolute Gasteiger partial charge is 0.378 e. The van der Waals surface area contributed by atoms with Crippen LogP contribution in [0.15, 0.2) is 54.6 Å². The third kappa shape index (κ3) is 9.25. The van der Waals surface area contributed by atoms with E-state index in [9.17, 15) is 14.0 Å². The summed E-state index contributed by atoms with van der Waals surface area (Å²) in [5, 5.41) is 11.1. The fourth-order valence-corrected chi connectivity index (χ4v) is 2.44. The van der Waals surface area contributed by atoms with Gasteiger partial charge < -0.3 is 10.1 Å². The number of carbonyl (C=O) groups excluding carboxylic acids is 2. The molecule has 2 amide bonds. The van der Waals surface area contributed by atoms with Crippen molar-refractivity contribution in [2.75, 3.05) is 13.7 Å². The number of nitrogens with one attached hydrogen (secondary N) is 2. The van der Waals surface area contributed by atoms with Gasteiger partial charge in [-0.15, -0.1) is 0 Å². The van der Waals surface area contributed by atoms with Gasteiger partial charge in [0, 0.05) is 19.2 Å². The lowest BCUT2D eigenvalue weighted by Crippen LogP contribution is -2.26. The predicted octanol–water partition coefficient (Wildman–Crippen LogP) is 3.11. The van der Waals surface area contributed by atoms with E-state index in [0.717, 1.165) is 12.0 Å². The first-order valence-corrected chi connectivity index (χ1v) is 9.06. The highest BCUT2D eigenvalue weighted by Crippen LogP contribution is 2.12. The third-order valence-electron chi connectivity index (χ3n) is 3.87. The first-order chi connectivity index (χ1) is 13.5. The molecule has 152 valence electrons. The van der Waals surface area contributed by atoms with Crippen LogP contribution in [-0.2, 0) is 16.0 Å². The van der Waals surface area contributed by atoms with Crippen LogP contribution in [0.25, 0.3) is 0 Å². The molecule has 2 rings (SSSR count). The third-order valence-corrected chi connectivity index (χ3v) is 3.87. The van der Waals surface area contributed by atoms with Crippen LogP contribution in [-0.4, -0.2) is 36.8 Å².